The zero-order valence-electron chi connectivity index (χ0n) is 41.8. The third-order valence-electron chi connectivity index (χ3n) is 9.98. The summed E-state index contributed by atoms with van der Waals surface area (Å²) in [6.45, 7) is 23.2. The van der Waals surface area contributed by atoms with Crippen LogP contribution in [0.4, 0.5) is 0 Å². The molecule has 0 fully saturated rings. The van der Waals surface area contributed by atoms with Gasteiger partial charge in [0, 0.05) is 0 Å². The van der Waals surface area contributed by atoms with E-state index in [4.69, 9.17) is 85.6 Å². The Labute approximate surface area is 403 Å². The van der Waals surface area contributed by atoms with Crippen molar-refractivity contribution >= 4 is 0 Å². The molecule has 18 heteroatoms. The third-order valence-corrected chi connectivity index (χ3v) is 9.98. The minimum Gasteiger partial charge on any atom is -0.491 e. The second kappa shape index (κ2) is 52.2. The highest BCUT2D eigenvalue weighted by molar-refractivity contribution is 5.32. The molecular formula is C49H92O18. The van der Waals surface area contributed by atoms with E-state index in [0.29, 0.717) is 218 Å². The normalized spacial score (nSPS) is 12.6. The van der Waals surface area contributed by atoms with Crippen LogP contribution >= 0.6 is 0 Å². The predicted molar refractivity (Wildman–Crippen MR) is 254 cm³/mol. The molecular weight excluding hydrogens is 877 g/mol. The van der Waals surface area contributed by atoms with Crippen molar-refractivity contribution in [3.63, 3.8) is 0 Å². The lowest BCUT2D eigenvalue weighted by Gasteiger charge is -2.29. The predicted octanol–water partition coefficient (Wildman–Crippen LogP) is 4.57. The number of benzene rings is 1. The second-order valence-corrected chi connectivity index (χ2v) is 15.3. The molecule has 1 atom stereocenters. The van der Waals surface area contributed by atoms with Crippen LogP contribution in [-0.4, -0.2) is 230 Å². The largest absolute Gasteiger partial charge is 0.491 e. The molecule has 0 aromatic heterocycles. The second-order valence-electron chi connectivity index (χ2n) is 15.3. The summed E-state index contributed by atoms with van der Waals surface area (Å²) in [6.07, 6.45) is 6.17. The van der Waals surface area contributed by atoms with Crippen LogP contribution in [0.2, 0.25) is 0 Å². The topological polar surface area (TPSA) is 177 Å². The van der Waals surface area contributed by atoms with Gasteiger partial charge in [-0.15, -0.1) is 0 Å². The zero-order chi connectivity index (χ0) is 48.1. The fourth-order valence-corrected chi connectivity index (χ4v) is 5.93. The van der Waals surface area contributed by atoms with E-state index in [1.54, 1.807) is 0 Å². The van der Waals surface area contributed by atoms with Crippen molar-refractivity contribution in [2.45, 2.75) is 58.3 Å². The highest BCUT2D eigenvalue weighted by Crippen LogP contribution is 2.34. The lowest BCUT2D eigenvalue weighted by molar-refractivity contribution is -0.0306. The average Bonchev–Trinajstić information content (AvgIpc) is 3.34. The molecule has 0 amide bonds. The molecule has 18 nitrogen and oxygen atoms in total. The van der Waals surface area contributed by atoms with Crippen molar-refractivity contribution in [2.75, 3.05) is 225 Å². The summed E-state index contributed by atoms with van der Waals surface area (Å²) in [5, 5.41) is 8.61. The van der Waals surface area contributed by atoms with E-state index in [0.717, 1.165) is 12.2 Å². The van der Waals surface area contributed by atoms with Gasteiger partial charge in [0.25, 0.3) is 0 Å². The molecule has 1 unspecified atom stereocenters. The monoisotopic (exact) mass is 969 g/mol. The van der Waals surface area contributed by atoms with Gasteiger partial charge in [-0.25, -0.2) is 0 Å². The van der Waals surface area contributed by atoms with Gasteiger partial charge in [-0.3, -0.25) is 0 Å². The Bertz CT molecular complexity index is 1090. The number of aliphatic hydroxyl groups is 1. The number of unbranched alkanes of at least 4 members (excludes halogenated alkanes) is 2. The van der Waals surface area contributed by atoms with Gasteiger partial charge in [0.2, 0.25) is 0 Å². The summed E-state index contributed by atoms with van der Waals surface area (Å²) in [5.74, 6) is 0.875. The maximum absolute atomic E-state index is 8.61. The van der Waals surface area contributed by atoms with E-state index >= 15 is 0 Å². The average molecular weight is 969 g/mol. The molecule has 67 heavy (non-hydrogen) atoms. The van der Waals surface area contributed by atoms with Gasteiger partial charge in [0.1, 0.15) is 12.4 Å². The smallest absolute Gasteiger partial charge is 0.119 e. The standard InChI is InChI=1S/C49H92O18/c1-4-6-7-12-49(3,5-2)47-8-10-48(11-9-47)67-46-45-66-44-43-65-42-41-64-40-39-63-38-37-62-36-35-61-34-33-60-32-31-59-30-29-58-28-27-57-26-25-56-24-23-55-22-21-54-20-19-53-18-17-52-16-15-51-14-13-50/h8-11,50H,4-7,12-46H2,1-3H3. The Morgan fingerprint density at radius 1 is 0.328 bits per heavy atom. The summed E-state index contributed by atoms with van der Waals surface area (Å²) in [5.41, 5.74) is 1.61. The number of ether oxygens (including phenoxy) is 17. The summed E-state index contributed by atoms with van der Waals surface area (Å²) in [4.78, 5) is 0. The molecule has 0 radical (unpaired) electrons. The summed E-state index contributed by atoms with van der Waals surface area (Å²) >= 11 is 0. The minimum atomic E-state index is 0.0210. The van der Waals surface area contributed by atoms with Crippen LogP contribution in [0.3, 0.4) is 0 Å². The first-order valence-corrected chi connectivity index (χ1v) is 24.7. The van der Waals surface area contributed by atoms with Crippen LogP contribution in [0.15, 0.2) is 24.3 Å². The first-order valence-electron chi connectivity index (χ1n) is 24.7. The van der Waals surface area contributed by atoms with Gasteiger partial charge < -0.3 is 85.6 Å². The molecule has 0 heterocycles. The highest BCUT2D eigenvalue weighted by Gasteiger charge is 2.23. The third kappa shape index (κ3) is 44.1. The fraction of sp³-hybridized carbons (Fsp3) is 0.878. The van der Waals surface area contributed by atoms with E-state index < -0.39 is 0 Å². The zero-order valence-corrected chi connectivity index (χ0v) is 41.8. The van der Waals surface area contributed by atoms with Gasteiger partial charge >= 0.3 is 0 Å². The molecule has 0 aliphatic rings. The van der Waals surface area contributed by atoms with E-state index in [-0.39, 0.29) is 12.0 Å². The SMILES string of the molecule is CCCCCC(C)(CC)c1ccc(OCCOCCOCCOCCOCCOCCOCCOCCOCCOCCOCCOCCOCCOCCOCCOCCOCCO)cc1. The van der Waals surface area contributed by atoms with E-state index in [2.05, 4.69) is 45.0 Å². The van der Waals surface area contributed by atoms with E-state index in [1.807, 2.05) is 0 Å². The molecule has 0 saturated carbocycles. The van der Waals surface area contributed by atoms with Crippen LogP contribution in [0.5, 0.6) is 5.75 Å². The van der Waals surface area contributed by atoms with E-state index in [1.165, 1.54) is 31.2 Å². The first-order chi connectivity index (χ1) is 33.2. The highest BCUT2D eigenvalue weighted by atomic mass is 16.6. The molecule has 1 rings (SSSR count). The molecule has 1 N–H and O–H groups in total. The summed E-state index contributed by atoms with van der Waals surface area (Å²) in [7, 11) is 0. The number of hydrogen-bond acceptors (Lipinski definition) is 18. The molecule has 0 saturated heterocycles. The molecule has 0 aliphatic heterocycles. The molecule has 396 valence electrons. The summed E-state index contributed by atoms with van der Waals surface area (Å²) < 4.78 is 93.5. The Morgan fingerprint density at radius 2 is 0.567 bits per heavy atom. The van der Waals surface area contributed by atoms with Crippen LogP contribution in [0.1, 0.15) is 58.4 Å². The van der Waals surface area contributed by atoms with Crippen LogP contribution in [0, 0.1) is 0 Å². The quantitative estimate of drug-likeness (QED) is 0.0898. The Kier molecular flexibility index (Phi) is 49.3. The maximum atomic E-state index is 8.61. The van der Waals surface area contributed by atoms with Crippen molar-refractivity contribution in [1.82, 2.24) is 0 Å². The van der Waals surface area contributed by atoms with E-state index in [9.17, 15) is 0 Å². The maximum Gasteiger partial charge on any atom is 0.119 e. The van der Waals surface area contributed by atoms with Crippen molar-refractivity contribution in [1.29, 1.82) is 0 Å². The Hall–Kier alpha value is -1.66. The minimum absolute atomic E-state index is 0.0210. The van der Waals surface area contributed by atoms with Gasteiger partial charge in [-0.2, -0.15) is 0 Å². The molecule has 0 bridgehead atoms. The van der Waals surface area contributed by atoms with Crippen LogP contribution in [0.25, 0.3) is 0 Å². The molecule has 0 spiro atoms. The summed E-state index contributed by atoms with van der Waals surface area (Å²) in [6, 6.07) is 8.57. The number of aliphatic hydroxyl groups excluding tert-OH is 1. The Morgan fingerprint density at radius 3 is 0.791 bits per heavy atom. The first kappa shape index (κ1) is 63.4. The Balaban J connectivity index is 1.67. The number of hydrogen-bond donors (Lipinski definition) is 1. The van der Waals surface area contributed by atoms with Gasteiger partial charge in [0.05, 0.1) is 218 Å². The number of rotatable bonds is 57. The van der Waals surface area contributed by atoms with Crippen LogP contribution in [-0.2, 0) is 81.2 Å². The van der Waals surface area contributed by atoms with Gasteiger partial charge in [-0.1, -0.05) is 52.2 Å². The van der Waals surface area contributed by atoms with Crippen molar-refractivity contribution in [3.05, 3.63) is 29.8 Å². The van der Waals surface area contributed by atoms with Gasteiger partial charge in [-0.05, 0) is 36.0 Å². The lowest BCUT2D eigenvalue weighted by Crippen LogP contribution is -2.20. The fourth-order valence-electron chi connectivity index (χ4n) is 5.93. The lowest BCUT2D eigenvalue weighted by atomic mass is 9.76. The van der Waals surface area contributed by atoms with Crippen LogP contribution < -0.4 is 4.74 Å². The van der Waals surface area contributed by atoms with Gasteiger partial charge in [0.15, 0.2) is 0 Å². The molecule has 1 aromatic carbocycles. The van der Waals surface area contributed by atoms with Crippen molar-refractivity contribution in [3.8, 4) is 5.75 Å². The van der Waals surface area contributed by atoms with Crippen molar-refractivity contribution < 1.29 is 85.6 Å². The molecule has 1 aromatic rings. The van der Waals surface area contributed by atoms with Crippen molar-refractivity contribution in [2.24, 2.45) is 0 Å². The molecule has 0 aliphatic carbocycles.